The van der Waals surface area contributed by atoms with Crippen LogP contribution < -0.4 is 0 Å². The summed E-state index contributed by atoms with van der Waals surface area (Å²) in [5.74, 6) is 0.613. The fraction of sp³-hybridized carbons (Fsp3) is 0.200. The maximum Gasteiger partial charge on any atom is 0.417 e. The second kappa shape index (κ2) is 6.05. The second-order valence-electron chi connectivity index (χ2n) is 4.55. The van der Waals surface area contributed by atoms with Crippen molar-refractivity contribution >= 4 is 11.3 Å². The van der Waals surface area contributed by atoms with Gasteiger partial charge in [0, 0.05) is 18.6 Å². The first-order chi connectivity index (χ1) is 10.3. The first-order valence-corrected chi connectivity index (χ1v) is 6.30. The van der Waals surface area contributed by atoms with E-state index in [9.17, 15) is 23.3 Å². The molecular formula is C15H12F3NO3. The Kier molecular flexibility index (Phi) is 4.35. The molecule has 0 saturated heterocycles. The molecule has 0 atom stereocenters. The molecule has 22 heavy (non-hydrogen) atoms. The Hall–Kier alpha value is -2.57. The molecule has 2 rings (SSSR count). The summed E-state index contributed by atoms with van der Waals surface area (Å²) in [7, 11) is 1.48. The zero-order valence-electron chi connectivity index (χ0n) is 11.6. The predicted octanol–water partition coefficient (Wildman–Crippen LogP) is 4.49. The largest absolute Gasteiger partial charge is 0.501 e. The first-order valence-electron chi connectivity index (χ1n) is 6.30. The van der Waals surface area contributed by atoms with Crippen LogP contribution in [0.2, 0.25) is 0 Å². The van der Waals surface area contributed by atoms with E-state index in [-0.39, 0.29) is 5.56 Å². The highest BCUT2D eigenvalue weighted by Crippen LogP contribution is 2.38. The number of rotatable bonds is 3. The summed E-state index contributed by atoms with van der Waals surface area (Å²) in [6, 6.07) is 2.73. The zero-order chi connectivity index (χ0) is 16.3. The topological polar surface area (TPSA) is 52.4 Å². The maximum atomic E-state index is 13.2. The van der Waals surface area contributed by atoms with Crippen LogP contribution in [0, 0.1) is 10.1 Å². The second-order valence-corrected chi connectivity index (χ2v) is 4.55. The lowest BCUT2D eigenvalue weighted by molar-refractivity contribution is -0.385. The van der Waals surface area contributed by atoms with Gasteiger partial charge in [-0.15, -0.1) is 0 Å². The molecule has 0 heterocycles. The van der Waals surface area contributed by atoms with E-state index in [4.69, 9.17) is 4.74 Å². The number of hydrogen-bond acceptors (Lipinski definition) is 3. The molecule has 0 radical (unpaired) electrons. The first kappa shape index (κ1) is 15.8. The van der Waals surface area contributed by atoms with Crippen LogP contribution in [0.5, 0.6) is 0 Å². The number of nitro benzene ring substituents is 1. The van der Waals surface area contributed by atoms with Crippen LogP contribution in [0.3, 0.4) is 0 Å². The van der Waals surface area contributed by atoms with Gasteiger partial charge in [-0.3, -0.25) is 10.1 Å². The van der Waals surface area contributed by atoms with Crippen molar-refractivity contribution in [2.45, 2.75) is 12.6 Å². The molecular weight excluding hydrogens is 299 g/mol. The number of benzene rings is 1. The van der Waals surface area contributed by atoms with Crippen LogP contribution in [0.4, 0.5) is 18.9 Å². The van der Waals surface area contributed by atoms with E-state index in [0.29, 0.717) is 23.8 Å². The van der Waals surface area contributed by atoms with E-state index in [0.717, 1.165) is 12.1 Å². The lowest BCUT2D eigenvalue weighted by Crippen LogP contribution is -2.09. The lowest BCUT2D eigenvalue weighted by Gasteiger charge is -2.13. The average Bonchev–Trinajstić information content (AvgIpc) is 2.71. The molecule has 1 aromatic carbocycles. The summed E-state index contributed by atoms with van der Waals surface area (Å²) in [5.41, 5.74) is -1.42. The molecule has 0 amide bonds. The number of nitro groups is 1. The molecule has 0 spiro atoms. The van der Waals surface area contributed by atoms with Crippen molar-refractivity contribution in [3.63, 3.8) is 0 Å². The van der Waals surface area contributed by atoms with Crippen LogP contribution in [-0.2, 0) is 10.9 Å². The molecule has 116 valence electrons. The van der Waals surface area contributed by atoms with Gasteiger partial charge in [0.15, 0.2) is 0 Å². The minimum Gasteiger partial charge on any atom is -0.501 e. The van der Waals surface area contributed by atoms with Crippen LogP contribution in [-0.4, -0.2) is 12.0 Å². The van der Waals surface area contributed by atoms with E-state index in [2.05, 4.69) is 0 Å². The number of allylic oxidation sites excluding steroid dienone is 5. The summed E-state index contributed by atoms with van der Waals surface area (Å²) in [6.45, 7) is 0. The third-order valence-corrected chi connectivity index (χ3v) is 3.16. The standard InChI is InChI=1S/C15H12F3NO3/c1-22-12-4-2-3-10(5-7-12)13-8-6-11(19(20)21)9-14(13)15(16,17)18/h2-3,5-9H,4H2,1H3. The molecule has 0 fully saturated rings. The number of hydrogen-bond donors (Lipinski definition) is 0. The molecule has 0 aromatic heterocycles. The third-order valence-electron chi connectivity index (χ3n) is 3.16. The van der Waals surface area contributed by atoms with E-state index < -0.39 is 22.4 Å². The highest BCUT2D eigenvalue weighted by atomic mass is 19.4. The van der Waals surface area contributed by atoms with E-state index in [1.807, 2.05) is 0 Å². The van der Waals surface area contributed by atoms with Crippen LogP contribution in [0.15, 0.2) is 48.3 Å². The molecule has 0 unspecified atom stereocenters. The van der Waals surface area contributed by atoms with Crippen molar-refractivity contribution in [2.75, 3.05) is 7.11 Å². The molecule has 0 aliphatic heterocycles. The normalized spacial score (nSPS) is 14.9. The van der Waals surface area contributed by atoms with Crippen molar-refractivity contribution in [1.29, 1.82) is 0 Å². The third kappa shape index (κ3) is 3.36. The van der Waals surface area contributed by atoms with Gasteiger partial charge in [0.25, 0.3) is 5.69 Å². The average molecular weight is 311 g/mol. The number of alkyl halides is 3. The highest BCUT2D eigenvalue weighted by Gasteiger charge is 2.35. The van der Waals surface area contributed by atoms with Gasteiger partial charge < -0.3 is 4.74 Å². The number of non-ortho nitro benzene ring substituents is 1. The SMILES string of the molecule is COC1=CC=C(c2ccc([N+](=O)[O-])cc2C(F)(F)F)C=CC1. The monoisotopic (exact) mass is 311 g/mol. The smallest absolute Gasteiger partial charge is 0.417 e. The summed E-state index contributed by atoms with van der Waals surface area (Å²) in [4.78, 5) is 9.84. The lowest BCUT2D eigenvalue weighted by atomic mass is 9.98. The van der Waals surface area contributed by atoms with Crippen LogP contribution >= 0.6 is 0 Å². The van der Waals surface area contributed by atoms with Crippen molar-refractivity contribution in [2.24, 2.45) is 0 Å². The molecule has 0 bridgehead atoms. The Morgan fingerprint density at radius 2 is 2.00 bits per heavy atom. The summed E-state index contributed by atoms with van der Waals surface area (Å²) in [6.07, 6.45) is 2.07. The van der Waals surface area contributed by atoms with Gasteiger partial charge in [-0.1, -0.05) is 18.2 Å². The minimum absolute atomic E-state index is 0.108. The molecule has 1 aliphatic rings. The van der Waals surface area contributed by atoms with Crippen molar-refractivity contribution in [1.82, 2.24) is 0 Å². The quantitative estimate of drug-likeness (QED) is 0.610. The molecule has 0 saturated carbocycles. The van der Waals surface area contributed by atoms with Gasteiger partial charge >= 0.3 is 6.18 Å². The van der Waals surface area contributed by atoms with Crippen molar-refractivity contribution in [3.8, 4) is 0 Å². The summed E-state index contributed by atoms with van der Waals surface area (Å²) < 4.78 is 44.6. The Morgan fingerprint density at radius 3 is 2.59 bits per heavy atom. The molecule has 7 heteroatoms. The van der Waals surface area contributed by atoms with E-state index in [1.54, 1.807) is 18.2 Å². The van der Waals surface area contributed by atoms with Gasteiger partial charge in [0.05, 0.1) is 23.4 Å². The Morgan fingerprint density at radius 1 is 1.27 bits per heavy atom. The fourth-order valence-electron chi connectivity index (χ4n) is 2.07. The predicted molar refractivity (Wildman–Crippen MR) is 74.9 cm³/mol. The summed E-state index contributed by atoms with van der Waals surface area (Å²) in [5, 5.41) is 10.7. The van der Waals surface area contributed by atoms with Crippen molar-refractivity contribution in [3.05, 3.63) is 69.5 Å². The minimum atomic E-state index is -4.68. The highest BCUT2D eigenvalue weighted by molar-refractivity contribution is 5.78. The number of halogens is 3. The number of nitrogens with zero attached hydrogens (tertiary/aromatic N) is 1. The van der Waals surface area contributed by atoms with Gasteiger partial charge in [-0.25, -0.2) is 0 Å². The number of methoxy groups -OCH3 is 1. The fourth-order valence-corrected chi connectivity index (χ4v) is 2.07. The summed E-state index contributed by atoms with van der Waals surface area (Å²) >= 11 is 0. The molecule has 0 N–H and O–H groups in total. The van der Waals surface area contributed by atoms with Crippen molar-refractivity contribution < 1.29 is 22.8 Å². The van der Waals surface area contributed by atoms with E-state index in [1.165, 1.54) is 13.2 Å². The van der Waals surface area contributed by atoms with E-state index >= 15 is 0 Å². The molecule has 1 aromatic rings. The Balaban J connectivity index is 2.58. The van der Waals surface area contributed by atoms with Crippen LogP contribution in [0.25, 0.3) is 5.57 Å². The van der Waals surface area contributed by atoms with Gasteiger partial charge in [-0.05, 0) is 23.3 Å². The van der Waals surface area contributed by atoms with Gasteiger partial charge in [0.2, 0.25) is 0 Å². The Labute approximate surface area is 124 Å². The molecule has 1 aliphatic carbocycles. The molecule has 4 nitrogen and oxygen atoms in total. The van der Waals surface area contributed by atoms with Gasteiger partial charge in [0.1, 0.15) is 0 Å². The number of ether oxygens (including phenoxy) is 1. The van der Waals surface area contributed by atoms with Crippen LogP contribution in [0.1, 0.15) is 17.5 Å². The zero-order valence-corrected chi connectivity index (χ0v) is 11.6. The maximum absolute atomic E-state index is 13.2. The Bertz CT molecular complexity index is 688. The van der Waals surface area contributed by atoms with Gasteiger partial charge in [-0.2, -0.15) is 13.2 Å².